The molecule has 9 nitrogen and oxygen atoms in total. The molecule has 1 atom stereocenters. The smallest absolute Gasteiger partial charge is 0.278 e. The van der Waals surface area contributed by atoms with Crippen LogP contribution in [-0.4, -0.2) is 29.1 Å². The molecule has 0 bridgehead atoms. The van der Waals surface area contributed by atoms with Crippen molar-refractivity contribution < 1.29 is 18.7 Å². The number of carbonyl (C=O) groups is 1. The zero-order valence-electron chi connectivity index (χ0n) is 16.5. The number of nitrogen functional groups attached to an aromatic ring is 1. The minimum atomic E-state index is -0.927. The zero-order valence-corrected chi connectivity index (χ0v) is 16.5. The molecule has 2 heterocycles. The van der Waals surface area contributed by atoms with Gasteiger partial charge in [-0.25, -0.2) is 9.37 Å². The fourth-order valence-electron chi connectivity index (χ4n) is 2.86. The normalized spacial score (nSPS) is 18.1. The van der Waals surface area contributed by atoms with Crippen LogP contribution in [0.25, 0.3) is 0 Å². The Hall–Kier alpha value is -4.00. The van der Waals surface area contributed by atoms with Crippen LogP contribution in [0.2, 0.25) is 0 Å². The molecule has 0 fully saturated rings. The van der Waals surface area contributed by atoms with Crippen LogP contribution in [0, 0.1) is 18.2 Å². The van der Waals surface area contributed by atoms with E-state index in [-0.39, 0.29) is 36.2 Å². The van der Waals surface area contributed by atoms with Crippen molar-refractivity contribution in [1.82, 2.24) is 15.3 Å². The number of halogens is 1. The number of nitrogens with zero attached hydrogens (tertiary/aromatic N) is 2. The lowest BCUT2D eigenvalue weighted by atomic mass is 9.91. The second kappa shape index (κ2) is 8.16. The molecule has 0 saturated heterocycles. The summed E-state index contributed by atoms with van der Waals surface area (Å²) in [5.74, 6) is 2.00. The van der Waals surface area contributed by atoms with Gasteiger partial charge in [0.2, 0.25) is 5.88 Å². The largest absolute Gasteiger partial charge is 0.492 e. The number of terminal acetylenes is 1. The summed E-state index contributed by atoms with van der Waals surface area (Å²) < 4.78 is 25.2. The van der Waals surface area contributed by atoms with Crippen molar-refractivity contribution >= 4 is 17.4 Å². The monoisotopic (exact) mass is 412 g/mol. The molecular weight excluding hydrogens is 391 g/mol. The highest BCUT2D eigenvalue weighted by molar-refractivity contribution is 6.05. The van der Waals surface area contributed by atoms with E-state index in [2.05, 4.69) is 26.5 Å². The molecule has 1 amide bonds. The van der Waals surface area contributed by atoms with Crippen LogP contribution in [0.5, 0.6) is 5.88 Å². The number of nitrogens with one attached hydrogen (secondary N) is 2. The number of carbonyl (C=O) groups excluding carboxylic acids is 1. The number of hydrogen-bond donors (Lipinski definition) is 4. The second-order valence-electron chi connectivity index (χ2n) is 6.80. The highest BCUT2D eigenvalue weighted by atomic mass is 19.1. The van der Waals surface area contributed by atoms with Crippen LogP contribution >= 0.6 is 0 Å². The topological polar surface area (TPSA) is 137 Å². The molecule has 3 rings (SSSR count). The fraction of sp³-hybridized carbons (Fsp3) is 0.250. The molecule has 1 aliphatic heterocycles. The van der Waals surface area contributed by atoms with Gasteiger partial charge in [-0.15, -0.1) is 6.42 Å². The molecular formula is C20H21FN6O3. The maximum absolute atomic E-state index is 14.6. The first-order chi connectivity index (χ1) is 14.2. The van der Waals surface area contributed by atoms with Gasteiger partial charge in [0.1, 0.15) is 24.0 Å². The lowest BCUT2D eigenvalue weighted by Crippen LogP contribution is -2.49. The summed E-state index contributed by atoms with van der Waals surface area (Å²) in [7, 11) is 0. The third-order valence-electron chi connectivity index (χ3n) is 4.48. The summed E-state index contributed by atoms with van der Waals surface area (Å²) >= 11 is 0. The van der Waals surface area contributed by atoms with E-state index in [0.717, 1.165) is 0 Å². The Bertz CT molecular complexity index is 1060. The molecule has 10 heteroatoms. The van der Waals surface area contributed by atoms with Crippen molar-refractivity contribution in [3.63, 3.8) is 0 Å². The molecule has 6 N–H and O–H groups in total. The highest BCUT2D eigenvalue weighted by Crippen LogP contribution is 2.31. The number of nitrogens with two attached hydrogens (primary N) is 2. The number of rotatable bonds is 5. The van der Waals surface area contributed by atoms with Gasteiger partial charge >= 0.3 is 0 Å². The Labute approximate surface area is 172 Å². The number of allylic oxidation sites excluding steroid dienone is 1. The standard InChI is InChI=1S/C20H21FN6O3/c1-4-7-29-15-9-24-16(18(23)26-15)19(28)25-12-5-6-14(21)13(8-12)20(3)10-30-11(2)17(22)27-20/h1,5-6,8-9,27H,7,10,22H2,2-3H3,(H2,23,26)(H,25,28). The van der Waals surface area contributed by atoms with Crippen molar-refractivity contribution in [2.24, 2.45) is 5.73 Å². The lowest BCUT2D eigenvalue weighted by molar-refractivity contribution is 0.102. The average molecular weight is 412 g/mol. The van der Waals surface area contributed by atoms with Gasteiger partial charge in [0.25, 0.3) is 5.91 Å². The highest BCUT2D eigenvalue weighted by Gasteiger charge is 2.34. The minimum absolute atomic E-state index is 0.00619. The van der Waals surface area contributed by atoms with Crippen LogP contribution in [-0.2, 0) is 10.3 Å². The predicted octanol–water partition coefficient (Wildman–Crippen LogP) is 1.44. The Balaban J connectivity index is 1.82. The Morgan fingerprint density at radius 2 is 2.27 bits per heavy atom. The van der Waals surface area contributed by atoms with Crippen LogP contribution < -0.4 is 26.8 Å². The van der Waals surface area contributed by atoms with Crippen molar-refractivity contribution in [2.45, 2.75) is 19.4 Å². The van der Waals surface area contributed by atoms with Gasteiger partial charge in [-0.3, -0.25) is 4.79 Å². The molecule has 1 aromatic carbocycles. The number of ether oxygens (including phenoxy) is 2. The van der Waals surface area contributed by atoms with Gasteiger partial charge in [0, 0.05) is 11.3 Å². The molecule has 0 saturated carbocycles. The van der Waals surface area contributed by atoms with E-state index in [1.165, 1.54) is 24.4 Å². The number of anilines is 2. The van der Waals surface area contributed by atoms with E-state index < -0.39 is 17.3 Å². The third kappa shape index (κ3) is 4.20. The quantitative estimate of drug-likeness (QED) is 0.542. The van der Waals surface area contributed by atoms with E-state index >= 15 is 0 Å². The molecule has 0 radical (unpaired) electrons. The Morgan fingerprint density at radius 1 is 1.50 bits per heavy atom. The molecule has 1 aliphatic rings. The van der Waals surface area contributed by atoms with E-state index in [0.29, 0.717) is 17.3 Å². The van der Waals surface area contributed by atoms with Gasteiger partial charge in [-0.1, -0.05) is 5.92 Å². The zero-order chi connectivity index (χ0) is 21.9. The molecule has 0 aliphatic carbocycles. The summed E-state index contributed by atoms with van der Waals surface area (Å²) in [5.41, 5.74) is 11.3. The van der Waals surface area contributed by atoms with Crippen LogP contribution in [0.3, 0.4) is 0 Å². The maximum Gasteiger partial charge on any atom is 0.278 e. The third-order valence-corrected chi connectivity index (χ3v) is 4.48. The lowest BCUT2D eigenvalue weighted by Gasteiger charge is -2.37. The van der Waals surface area contributed by atoms with E-state index in [9.17, 15) is 9.18 Å². The van der Waals surface area contributed by atoms with Crippen LogP contribution in [0.4, 0.5) is 15.9 Å². The SMILES string of the molecule is C#CCOc1cnc(C(=O)Nc2ccc(F)c(C3(C)COC(C)=C(N)N3)c2)c(N)n1. The first-order valence-corrected chi connectivity index (χ1v) is 8.91. The summed E-state index contributed by atoms with van der Waals surface area (Å²) in [4.78, 5) is 20.5. The minimum Gasteiger partial charge on any atom is -0.492 e. The molecule has 1 aromatic heterocycles. The Kier molecular flexibility index (Phi) is 5.64. The molecule has 156 valence electrons. The van der Waals surface area contributed by atoms with E-state index in [1.54, 1.807) is 13.8 Å². The van der Waals surface area contributed by atoms with Crippen molar-refractivity contribution in [3.8, 4) is 18.2 Å². The summed E-state index contributed by atoms with van der Waals surface area (Å²) in [5, 5.41) is 5.69. The summed E-state index contributed by atoms with van der Waals surface area (Å²) in [6.45, 7) is 3.61. The summed E-state index contributed by atoms with van der Waals surface area (Å²) in [6.07, 6.45) is 6.35. The maximum atomic E-state index is 14.6. The van der Waals surface area contributed by atoms with Crippen molar-refractivity contribution in [1.29, 1.82) is 0 Å². The molecule has 2 aromatic rings. The van der Waals surface area contributed by atoms with Crippen LogP contribution in [0.1, 0.15) is 29.9 Å². The fourth-order valence-corrected chi connectivity index (χ4v) is 2.86. The average Bonchev–Trinajstić information content (AvgIpc) is 2.71. The van der Waals surface area contributed by atoms with Crippen LogP contribution in [0.15, 0.2) is 36.0 Å². The first kappa shape index (κ1) is 20.7. The van der Waals surface area contributed by atoms with E-state index in [1.807, 2.05) is 0 Å². The number of amides is 1. The Morgan fingerprint density at radius 3 is 2.93 bits per heavy atom. The number of benzene rings is 1. The van der Waals surface area contributed by atoms with Gasteiger partial charge in [-0.2, -0.15) is 4.98 Å². The second-order valence-corrected chi connectivity index (χ2v) is 6.80. The van der Waals surface area contributed by atoms with Crippen molar-refractivity contribution in [2.75, 3.05) is 24.3 Å². The predicted molar refractivity (Wildman–Crippen MR) is 108 cm³/mol. The number of hydrogen-bond acceptors (Lipinski definition) is 8. The van der Waals surface area contributed by atoms with Gasteiger partial charge in [0.05, 0.1) is 11.7 Å². The summed E-state index contributed by atoms with van der Waals surface area (Å²) in [6, 6.07) is 4.15. The molecule has 30 heavy (non-hydrogen) atoms. The molecule has 1 unspecified atom stereocenters. The van der Waals surface area contributed by atoms with Gasteiger partial charge in [-0.05, 0) is 32.0 Å². The molecule has 0 spiro atoms. The number of aromatic nitrogens is 2. The van der Waals surface area contributed by atoms with E-state index in [4.69, 9.17) is 27.4 Å². The van der Waals surface area contributed by atoms with Gasteiger partial charge < -0.3 is 31.6 Å². The first-order valence-electron chi connectivity index (χ1n) is 8.91. The van der Waals surface area contributed by atoms with Gasteiger partial charge in [0.15, 0.2) is 18.1 Å². The van der Waals surface area contributed by atoms with Crippen molar-refractivity contribution in [3.05, 3.63) is 53.1 Å².